The van der Waals surface area contributed by atoms with E-state index < -0.39 is 0 Å². The summed E-state index contributed by atoms with van der Waals surface area (Å²) in [5.41, 5.74) is 1.55. The number of hydrogen-bond donors (Lipinski definition) is 1. The number of amides is 1. The zero-order chi connectivity index (χ0) is 17.6. The molecular formula is C18H17N3O3S. The van der Waals surface area contributed by atoms with Crippen LogP contribution in [0.1, 0.15) is 21.8 Å². The zero-order valence-corrected chi connectivity index (χ0v) is 14.7. The Morgan fingerprint density at radius 2 is 2.00 bits per heavy atom. The van der Waals surface area contributed by atoms with Crippen molar-refractivity contribution in [3.05, 3.63) is 65.5 Å². The third-order valence-electron chi connectivity index (χ3n) is 3.53. The SMILES string of the molecule is COc1ccc(Cc2nnc(NC(=O)c3cccc(SC)c3)o2)cc1. The predicted molar refractivity (Wildman–Crippen MR) is 96.3 cm³/mol. The van der Waals surface area contributed by atoms with E-state index in [4.69, 9.17) is 9.15 Å². The lowest BCUT2D eigenvalue weighted by Gasteiger charge is -2.02. The van der Waals surface area contributed by atoms with Crippen molar-refractivity contribution in [3.8, 4) is 5.75 Å². The van der Waals surface area contributed by atoms with Crippen molar-refractivity contribution in [1.29, 1.82) is 0 Å². The number of nitrogens with one attached hydrogen (secondary N) is 1. The van der Waals surface area contributed by atoms with Gasteiger partial charge in [0.2, 0.25) is 5.89 Å². The van der Waals surface area contributed by atoms with Gasteiger partial charge in [-0.2, -0.15) is 0 Å². The molecule has 0 aliphatic rings. The van der Waals surface area contributed by atoms with Crippen LogP contribution < -0.4 is 10.1 Å². The molecule has 1 aromatic heterocycles. The van der Waals surface area contributed by atoms with Gasteiger partial charge in [-0.3, -0.25) is 10.1 Å². The van der Waals surface area contributed by atoms with Gasteiger partial charge in [0.05, 0.1) is 13.5 Å². The minimum atomic E-state index is -0.282. The number of benzene rings is 2. The fourth-order valence-electron chi connectivity index (χ4n) is 2.23. The van der Waals surface area contributed by atoms with Crippen molar-refractivity contribution in [2.45, 2.75) is 11.3 Å². The number of hydrogen-bond acceptors (Lipinski definition) is 6. The number of nitrogens with zero attached hydrogens (tertiary/aromatic N) is 2. The van der Waals surface area contributed by atoms with Gasteiger partial charge >= 0.3 is 6.01 Å². The minimum Gasteiger partial charge on any atom is -0.497 e. The number of aromatic nitrogens is 2. The van der Waals surface area contributed by atoms with Gasteiger partial charge in [0.15, 0.2) is 0 Å². The number of ether oxygens (including phenoxy) is 1. The highest BCUT2D eigenvalue weighted by Gasteiger charge is 2.12. The Bertz CT molecular complexity index is 862. The summed E-state index contributed by atoms with van der Waals surface area (Å²) in [6.45, 7) is 0. The molecule has 3 aromatic rings. The topological polar surface area (TPSA) is 77.3 Å². The van der Waals surface area contributed by atoms with E-state index in [0.717, 1.165) is 16.2 Å². The molecule has 0 fully saturated rings. The Hall–Kier alpha value is -2.80. The average molecular weight is 355 g/mol. The quantitative estimate of drug-likeness (QED) is 0.680. The Balaban J connectivity index is 1.65. The molecule has 0 atom stereocenters. The van der Waals surface area contributed by atoms with Crippen molar-refractivity contribution in [3.63, 3.8) is 0 Å². The number of carbonyl (C=O) groups excluding carboxylic acids is 1. The Morgan fingerprint density at radius 1 is 1.20 bits per heavy atom. The summed E-state index contributed by atoms with van der Waals surface area (Å²) in [4.78, 5) is 13.3. The summed E-state index contributed by atoms with van der Waals surface area (Å²) in [7, 11) is 1.62. The van der Waals surface area contributed by atoms with Crippen LogP contribution in [-0.4, -0.2) is 29.5 Å². The van der Waals surface area contributed by atoms with E-state index in [1.165, 1.54) is 0 Å². The van der Waals surface area contributed by atoms with Crippen LogP contribution in [0.5, 0.6) is 5.75 Å². The summed E-state index contributed by atoms with van der Waals surface area (Å²) in [5.74, 6) is 0.934. The second kappa shape index (κ2) is 7.85. The third kappa shape index (κ3) is 4.39. The van der Waals surface area contributed by atoms with Crippen LogP contribution in [0.25, 0.3) is 0 Å². The first kappa shape index (κ1) is 17.0. The number of anilines is 1. The summed E-state index contributed by atoms with van der Waals surface area (Å²) >= 11 is 1.57. The molecule has 0 radical (unpaired) electrons. The smallest absolute Gasteiger partial charge is 0.322 e. The van der Waals surface area contributed by atoms with E-state index in [2.05, 4.69) is 15.5 Å². The molecule has 25 heavy (non-hydrogen) atoms. The van der Waals surface area contributed by atoms with Gasteiger partial charge in [0, 0.05) is 10.5 Å². The molecule has 0 aliphatic carbocycles. The molecule has 128 valence electrons. The first-order valence-corrected chi connectivity index (χ1v) is 8.81. The van der Waals surface area contributed by atoms with Crippen LogP contribution in [0.15, 0.2) is 57.8 Å². The molecule has 0 spiro atoms. The predicted octanol–water partition coefficient (Wildman–Crippen LogP) is 3.64. The van der Waals surface area contributed by atoms with Crippen LogP contribution in [-0.2, 0) is 6.42 Å². The monoisotopic (exact) mass is 355 g/mol. The van der Waals surface area contributed by atoms with Crippen LogP contribution in [0.2, 0.25) is 0 Å². The third-order valence-corrected chi connectivity index (χ3v) is 4.26. The average Bonchev–Trinajstić information content (AvgIpc) is 3.09. The van der Waals surface area contributed by atoms with Crippen LogP contribution in [0.3, 0.4) is 0 Å². The van der Waals surface area contributed by atoms with E-state index in [1.54, 1.807) is 24.9 Å². The van der Waals surface area contributed by atoms with Gasteiger partial charge in [0.1, 0.15) is 5.75 Å². The molecule has 3 rings (SSSR count). The lowest BCUT2D eigenvalue weighted by atomic mass is 10.1. The molecule has 0 saturated carbocycles. The van der Waals surface area contributed by atoms with E-state index in [0.29, 0.717) is 17.9 Å². The minimum absolute atomic E-state index is 0.0862. The fourth-order valence-corrected chi connectivity index (χ4v) is 2.69. The maximum Gasteiger partial charge on any atom is 0.322 e. The first-order chi connectivity index (χ1) is 12.2. The normalized spacial score (nSPS) is 10.5. The maximum atomic E-state index is 12.3. The second-order valence-electron chi connectivity index (χ2n) is 5.21. The standard InChI is InChI=1S/C18H17N3O3S/c1-23-14-8-6-12(7-9-14)10-16-20-21-18(24-16)19-17(22)13-4-3-5-15(11-13)25-2/h3-9,11H,10H2,1-2H3,(H,19,21,22). The first-order valence-electron chi connectivity index (χ1n) is 7.58. The largest absolute Gasteiger partial charge is 0.497 e. The molecular weight excluding hydrogens is 338 g/mol. The molecule has 0 unspecified atom stereocenters. The van der Waals surface area contributed by atoms with Gasteiger partial charge in [0.25, 0.3) is 5.91 Å². The van der Waals surface area contributed by atoms with Gasteiger partial charge in [-0.15, -0.1) is 16.9 Å². The highest BCUT2D eigenvalue weighted by Crippen LogP contribution is 2.18. The van der Waals surface area contributed by atoms with Crippen molar-refractivity contribution in [2.75, 3.05) is 18.7 Å². The van der Waals surface area contributed by atoms with E-state index in [9.17, 15) is 4.79 Å². The van der Waals surface area contributed by atoms with Gasteiger partial charge < -0.3 is 9.15 Å². The Morgan fingerprint density at radius 3 is 2.72 bits per heavy atom. The lowest BCUT2D eigenvalue weighted by molar-refractivity contribution is 0.102. The number of carbonyl (C=O) groups is 1. The Kier molecular flexibility index (Phi) is 5.35. The molecule has 0 aliphatic heterocycles. The summed E-state index contributed by atoms with van der Waals surface area (Å²) < 4.78 is 10.6. The molecule has 1 amide bonds. The fraction of sp³-hybridized carbons (Fsp3) is 0.167. The van der Waals surface area contributed by atoms with Crippen molar-refractivity contribution < 1.29 is 13.9 Å². The van der Waals surface area contributed by atoms with Crippen LogP contribution in [0.4, 0.5) is 6.01 Å². The maximum absolute atomic E-state index is 12.3. The highest BCUT2D eigenvalue weighted by molar-refractivity contribution is 7.98. The molecule has 6 nitrogen and oxygen atoms in total. The molecule has 1 heterocycles. The van der Waals surface area contributed by atoms with Gasteiger partial charge in [-0.25, -0.2) is 0 Å². The van der Waals surface area contributed by atoms with Crippen LogP contribution >= 0.6 is 11.8 Å². The molecule has 1 N–H and O–H groups in total. The molecule has 0 saturated heterocycles. The van der Waals surface area contributed by atoms with Crippen LogP contribution in [0, 0.1) is 0 Å². The van der Waals surface area contributed by atoms with Crippen molar-refractivity contribution >= 4 is 23.7 Å². The number of thioether (sulfide) groups is 1. The zero-order valence-electron chi connectivity index (χ0n) is 13.9. The van der Waals surface area contributed by atoms with E-state index in [-0.39, 0.29) is 11.9 Å². The lowest BCUT2D eigenvalue weighted by Crippen LogP contribution is -2.12. The summed E-state index contributed by atoms with van der Waals surface area (Å²) in [6.07, 6.45) is 2.44. The second-order valence-corrected chi connectivity index (χ2v) is 6.09. The van der Waals surface area contributed by atoms with Gasteiger partial charge in [-0.1, -0.05) is 23.3 Å². The number of rotatable bonds is 6. The Labute approximate surface area is 149 Å². The number of methoxy groups -OCH3 is 1. The highest BCUT2D eigenvalue weighted by atomic mass is 32.2. The molecule has 2 aromatic carbocycles. The summed E-state index contributed by atoms with van der Waals surface area (Å²) in [5, 5.41) is 10.5. The van der Waals surface area contributed by atoms with Crippen molar-refractivity contribution in [1.82, 2.24) is 10.2 Å². The summed E-state index contributed by atoms with van der Waals surface area (Å²) in [6, 6.07) is 15.0. The van der Waals surface area contributed by atoms with E-state index >= 15 is 0 Å². The van der Waals surface area contributed by atoms with Gasteiger partial charge in [-0.05, 0) is 42.2 Å². The van der Waals surface area contributed by atoms with Crippen molar-refractivity contribution in [2.24, 2.45) is 0 Å². The molecule has 0 bridgehead atoms. The molecule has 7 heteroatoms. The van der Waals surface area contributed by atoms with E-state index in [1.807, 2.05) is 48.7 Å².